The van der Waals surface area contributed by atoms with Gasteiger partial charge in [-0.2, -0.15) is 0 Å². The van der Waals surface area contributed by atoms with Crippen molar-refractivity contribution in [2.45, 2.75) is 26.3 Å². The Hall–Kier alpha value is -2.83. The molecule has 7 heteroatoms. The predicted octanol–water partition coefficient (Wildman–Crippen LogP) is 2.10. The number of aliphatic carboxylic acids is 1. The summed E-state index contributed by atoms with van der Waals surface area (Å²) in [4.78, 5) is 30.6. The highest BCUT2D eigenvalue weighted by Crippen LogP contribution is 2.33. The van der Waals surface area contributed by atoms with Gasteiger partial charge in [-0.1, -0.05) is 0 Å². The molecular formula is C16H17N5O2. The first-order chi connectivity index (χ1) is 11.0. The van der Waals surface area contributed by atoms with Crippen LogP contribution < -0.4 is 4.90 Å². The van der Waals surface area contributed by atoms with E-state index in [1.807, 2.05) is 24.1 Å². The van der Waals surface area contributed by atoms with Crippen molar-refractivity contribution >= 4 is 23.3 Å². The Morgan fingerprint density at radius 1 is 1.35 bits per heavy atom. The quantitative estimate of drug-likeness (QED) is 0.929. The van der Waals surface area contributed by atoms with Crippen LogP contribution in [0, 0.1) is 0 Å². The number of carboxylic acid groups (broad SMARTS) is 1. The molecule has 0 unspecified atom stereocenters. The van der Waals surface area contributed by atoms with Crippen molar-refractivity contribution in [3.05, 3.63) is 30.2 Å². The second-order valence-corrected chi connectivity index (χ2v) is 5.65. The highest BCUT2D eigenvalue weighted by atomic mass is 16.4. The zero-order valence-corrected chi connectivity index (χ0v) is 13.2. The van der Waals surface area contributed by atoms with Gasteiger partial charge < -0.3 is 10.0 Å². The Bertz CT molecular complexity index is 787. The molecule has 0 saturated carbocycles. The summed E-state index contributed by atoms with van der Waals surface area (Å²) in [5.74, 6) is 0.0437. The molecule has 2 aromatic rings. The molecule has 3 heterocycles. The molecule has 0 atom stereocenters. The van der Waals surface area contributed by atoms with E-state index in [1.165, 1.54) is 0 Å². The first-order valence-corrected chi connectivity index (χ1v) is 7.32. The number of hydrogen-bond acceptors (Lipinski definition) is 6. The largest absolute Gasteiger partial charge is 0.477 e. The minimum Gasteiger partial charge on any atom is -0.477 e. The summed E-state index contributed by atoms with van der Waals surface area (Å²) in [6, 6.07) is 3.95. The van der Waals surface area contributed by atoms with Crippen molar-refractivity contribution in [1.82, 2.24) is 15.0 Å². The Kier molecular flexibility index (Phi) is 3.77. The van der Waals surface area contributed by atoms with E-state index in [4.69, 9.17) is 5.11 Å². The van der Waals surface area contributed by atoms with E-state index < -0.39 is 5.97 Å². The fourth-order valence-electron chi connectivity index (χ4n) is 2.30. The smallest absolute Gasteiger partial charge is 0.350 e. The Morgan fingerprint density at radius 2 is 2.13 bits per heavy atom. The van der Waals surface area contributed by atoms with Crippen LogP contribution in [0.1, 0.15) is 19.5 Å². The average Bonchev–Trinajstić information content (AvgIpc) is 2.97. The van der Waals surface area contributed by atoms with Crippen molar-refractivity contribution in [1.29, 1.82) is 0 Å². The lowest BCUT2D eigenvalue weighted by atomic mass is 10.1. The topological polar surface area (TPSA) is 91.6 Å². The monoisotopic (exact) mass is 311 g/mol. The SMILES string of the molecule is CC(C)N(C)c1nc2c(nc1-c1cccnc1)N=C(C(=O)O)C2. The van der Waals surface area contributed by atoms with Crippen LogP contribution in [0.3, 0.4) is 0 Å². The molecule has 1 aliphatic rings. The van der Waals surface area contributed by atoms with Gasteiger partial charge >= 0.3 is 5.97 Å². The maximum absolute atomic E-state index is 11.1. The molecule has 23 heavy (non-hydrogen) atoms. The lowest BCUT2D eigenvalue weighted by Gasteiger charge is -2.25. The molecule has 0 aliphatic carbocycles. The third-order valence-corrected chi connectivity index (χ3v) is 3.79. The summed E-state index contributed by atoms with van der Waals surface area (Å²) in [6.45, 7) is 4.11. The van der Waals surface area contributed by atoms with E-state index in [0.29, 0.717) is 23.0 Å². The van der Waals surface area contributed by atoms with Gasteiger partial charge in [-0.25, -0.2) is 19.8 Å². The van der Waals surface area contributed by atoms with Crippen LogP contribution in [0.2, 0.25) is 0 Å². The van der Waals surface area contributed by atoms with Crippen LogP contribution in [0.25, 0.3) is 11.3 Å². The van der Waals surface area contributed by atoms with E-state index in [2.05, 4.69) is 33.8 Å². The van der Waals surface area contributed by atoms with Crippen molar-refractivity contribution in [3.63, 3.8) is 0 Å². The fourth-order valence-corrected chi connectivity index (χ4v) is 2.30. The minimum absolute atomic E-state index is 0.0708. The molecule has 1 N–H and O–H groups in total. The molecule has 3 rings (SSSR count). The number of aromatic nitrogens is 3. The number of pyridine rings is 1. The standard InChI is InChI=1S/C16H17N5O2/c1-9(2)21(3)15-13(10-5-4-6-17-8-10)20-14-11(19-15)7-12(18-14)16(22)23/h4-6,8-9H,7H2,1-3H3,(H,22,23). The Morgan fingerprint density at radius 3 is 2.74 bits per heavy atom. The second kappa shape index (κ2) is 5.75. The van der Waals surface area contributed by atoms with Gasteiger partial charge in [0.05, 0.1) is 5.69 Å². The van der Waals surface area contributed by atoms with Gasteiger partial charge in [0.25, 0.3) is 0 Å². The van der Waals surface area contributed by atoms with E-state index >= 15 is 0 Å². The zero-order chi connectivity index (χ0) is 16.6. The first kappa shape index (κ1) is 15.1. The number of aliphatic imine (C=N–C) groups is 1. The van der Waals surface area contributed by atoms with E-state index in [1.54, 1.807) is 12.4 Å². The summed E-state index contributed by atoms with van der Waals surface area (Å²) < 4.78 is 0. The molecular weight excluding hydrogens is 294 g/mol. The number of hydrogen-bond donors (Lipinski definition) is 1. The van der Waals surface area contributed by atoms with E-state index in [0.717, 1.165) is 5.56 Å². The maximum atomic E-state index is 11.1. The molecule has 0 saturated heterocycles. The van der Waals surface area contributed by atoms with Gasteiger partial charge in [0.2, 0.25) is 0 Å². The van der Waals surface area contributed by atoms with Gasteiger partial charge in [-0.15, -0.1) is 0 Å². The number of fused-ring (bicyclic) bond motifs is 1. The van der Waals surface area contributed by atoms with Crippen LogP contribution in [-0.4, -0.2) is 44.8 Å². The molecule has 118 valence electrons. The van der Waals surface area contributed by atoms with Gasteiger partial charge in [0.1, 0.15) is 11.4 Å². The van der Waals surface area contributed by atoms with Crippen LogP contribution in [0.5, 0.6) is 0 Å². The second-order valence-electron chi connectivity index (χ2n) is 5.65. The van der Waals surface area contributed by atoms with Crippen LogP contribution in [0.15, 0.2) is 29.5 Å². The molecule has 0 bridgehead atoms. The summed E-state index contributed by atoms with van der Waals surface area (Å²) >= 11 is 0. The van der Waals surface area contributed by atoms with Crippen LogP contribution in [-0.2, 0) is 11.2 Å². The first-order valence-electron chi connectivity index (χ1n) is 7.32. The van der Waals surface area contributed by atoms with Gasteiger partial charge in [0.15, 0.2) is 11.6 Å². The lowest BCUT2D eigenvalue weighted by molar-refractivity contribution is -0.129. The molecule has 0 fully saturated rings. The minimum atomic E-state index is -1.04. The van der Waals surface area contributed by atoms with Crippen LogP contribution >= 0.6 is 0 Å². The fraction of sp³-hybridized carbons (Fsp3) is 0.312. The molecule has 0 spiro atoms. The predicted molar refractivity (Wildman–Crippen MR) is 87.2 cm³/mol. The third kappa shape index (κ3) is 2.77. The Labute approximate surface area is 133 Å². The van der Waals surface area contributed by atoms with Crippen molar-refractivity contribution in [2.75, 3.05) is 11.9 Å². The molecule has 7 nitrogen and oxygen atoms in total. The number of rotatable bonds is 4. The number of carboxylic acids is 1. The lowest BCUT2D eigenvalue weighted by Crippen LogP contribution is -2.28. The molecule has 1 aliphatic heterocycles. The normalized spacial score (nSPS) is 13.0. The number of anilines is 1. The molecule has 0 amide bonds. The van der Waals surface area contributed by atoms with Crippen molar-refractivity contribution in [3.8, 4) is 11.3 Å². The van der Waals surface area contributed by atoms with E-state index in [-0.39, 0.29) is 18.2 Å². The van der Waals surface area contributed by atoms with Gasteiger partial charge in [-0.3, -0.25) is 4.98 Å². The summed E-state index contributed by atoms with van der Waals surface area (Å²) in [6.07, 6.45) is 3.60. The average molecular weight is 311 g/mol. The third-order valence-electron chi connectivity index (χ3n) is 3.79. The molecule has 2 aromatic heterocycles. The molecule has 0 radical (unpaired) electrons. The number of nitrogens with zero attached hydrogens (tertiary/aromatic N) is 5. The van der Waals surface area contributed by atoms with Gasteiger partial charge in [-0.05, 0) is 26.0 Å². The van der Waals surface area contributed by atoms with Crippen molar-refractivity contribution in [2.24, 2.45) is 4.99 Å². The van der Waals surface area contributed by atoms with Gasteiger partial charge in [0, 0.05) is 37.5 Å². The summed E-state index contributed by atoms with van der Waals surface area (Å²) in [5.41, 5.74) is 2.15. The Balaban J connectivity index is 2.16. The highest BCUT2D eigenvalue weighted by molar-refractivity contribution is 6.37. The van der Waals surface area contributed by atoms with Crippen molar-refractivity contribution < 1.29 is 9.90 Å². The summed E-state index contributed by atoms with van der Waals surface area (Å²) in [7, 11) is 1.94. The van der Waals surface area contributed by atoms with Crippen LogP contribution in [0.4, 0.5) is 11.6 Å². The summed E-state index contributed by atoms with van der Waals surface area (Å²) in [5, 5.41) is 9.13. The molecule has 0 aromatic carbocycles. The number of carbonyl (C=O) groups is 1. The zero-order valence-electron chi connectivity index (χ0n) is 13.2. The highest BCUT2D eigenvalue weighted by Gasteiger charge is 2.26. The van der Waals surface area contributed by atoms with E-state index in [9.17, 15) is 4.79 Å². The maximum Gasteiger partial charge on any atom is 0.350 e.